The van der Waals surface area contributed by atoms with Gasteiger partial charge in [0.25, 0.3) is 0 Å². The van der Waals surface area contributed by atoms with E-state index in [9.17, 15) is 4.79 Å². The smallest absolute Gasteiger partial charge is 0.178 e. The minimum atomic E-state index is 0.0319. The molecule has 1 aliphatic rings. The Labute approximate surface area is 197 Å². The van der Waals surface area contributed by atoms with Crippen LogP contribution in [-0.4, -0.2) is 63.1 Å². The molecular weight excluding hydrogens is 447 g/mol. The molecule has 1 fully saturated rings. The van der Waals surface area contributed by atoms with Gasteiger partial charge in [-0.15, -0.1) is 0 Å². The fourth-order valence-electron chi connectivity index (χ4n) is 4.21. The van der Waals surface area contributed by atoms with Crippen LogP contribution in [0, 0.1) is 13.8 Å². The lowest BCUT2D eigenvalue weighted by Crippen LogP contribution is -2.52. The first-order chi connectivity index (χ1) is 15.3. The first kappa shape index (κ1) is 22.7. The standard InChI is InChI=1S/C23H26Cl2N6O/c1-14-11-15(2)28-23(27-14)22-17(12-26-29-22)20(32)7-8-30-9-10-31(16(3)13-30)19-6-4-5-18(24)21(19)25/h4-6,11-12,16H,7-10,13H2,1-3H3,(H,26,29). The molecule has 1 aliphatic heterocycles. The van der Waals surface area contributed by atoms with Crippen molar-refractivity contribution in [1.82, 2.24) is 25.1 Å². The van der Waals surface area contributed by atoms with Crippen molar-refractivity contribution in [1.29, 1.82) is 0 Å². The number of piperazine rings is 1. The van der Waals surface area contributed by atoms with Crippen LogP contribution >= 0.6 is 23.2 Å². The van der Waals surface area contributed by atoms with Gasteiger partial charge in [-0.25, -0.2) is 9.97 Å². The third-order valence-corrected chi connectivity index (χ3v) is 6.56. The molecule has 0 spiro atoms. The van der Waals surface area contributed by atoms with Crippen LogP contribution in [0.15, 0.2) is 30.5 Å². The van der Waals surface area contributed by atoms with Crippen molar-refractivity contribution in [3.05, 3.63) is 57.5 Å². The molecule has 2 aromatic heterocycles. The lowest BCUT2D eigenvalue weighted by Gasteiger charge is -2.41. The molecular formula is C23H26Cl2N6O. The van der Waals surface area contributed by atoms with Gasteiger partial charge in [-0.1, -0.05) is 29.3 Å². The second kappa shape index (κ2) is 9.57. The van der Waals surface area contributed by atoms with Crippen LogP contribution in [-0.2, 0) is 0 Å². The number of hydrogen-bond acceptors (Lipinski definition) is 6. The molecule has 1 unspecified atom stereocenters. The molecule has 0 aliphatic carbocycles. The molecule has 0 bridgehead atoms. The summed E-state index contributed by atoms with van der Waals surface area (Å²) in [4.78, 5) is 26.5. The predicted octanol–water partition coefficient (Wildman–Crippen LogP) is 4.57. The molecule has 0 amide bonds. The van der Waals surface area contributed by atoms with E-state index in [1.54, 1.807) is 12.3 Å². The van der Waals surface area contributed by atoms with E-state index in [0.717, 1.165) is 36.7 Å². The summed E-state index contributed by atoms with van der Waals surface area (Å²) >= 11 is 12.6. The minimum absolute atomic E-state index is 0.0319. The fraction of sp³-hybridized carbons (Fsp3) is 0.391. The Hall–Kier alpha value is -2.48. The van der Waals surface area contributed by atoms with Crippen LogP contribution in [0.2, 0.25) is 10.0 Å². The van der Waals surface area contributed by atoms with E-state index in [1.165, 1.54) is 0 Å². The maximum atomic E-state index is 13.0. The number of Topliss-reactive ketones (excluding diaryl/α,β-unsaturated/α-hetero) is 1. The predicted molar refractivity (Wildman–Crippen MR) is 128 cm³/mol. The van der Waals surface area contributed by atoms with Gasteiger partial charge in [-0.2, -0.15) is 5.10 Å². The zero-order chi connectivity index (χ0) is 22.8. The summed E-state index contributed by atoms with van der Waals surface area (Å²) in [6.45, 7) is 9.17. The molecule has 0 radical (unpaired) electrons. The van der Waals surface area contributed by atoms with Crippen LogP contribution in [0.25, 0.3) is 11.5 Å². The topological polar surface area (TPSA) is 78.0 Å². The van der Waals surface area contributed by atoms with Crippen LogP contribution in [0.3, 0.4) is 0 Å². The maximum Gasteiger partial charge on any atom is 0.178 e. The van der Waals surface area contributed by atoms with Crippen molar-refractivity contribution in [3.8, 4) is 11.5 Å². The van der Waals surface area contributed by atoms with E-state index < -0.39 is 0 Å². The first-order valence-corrected chi connectivity index (χ1v) is 11.4. The molecule has 1 aromatic carbocycles. The van der Waals surface area contributed by atoms with Gasteiger partial charge in [0.1, 0.15) is 5.69 Å². The summed E-state index contributed by atoms with van der Waals surface area (Å²) in [6, 6.07) is 7.87. The van der Waals surface area contributed by atoms with E-state index in [0.29, 0.717) is 40.1 Å². The monoisotopic (exact) mass is 472 g/mol. The summed E-state index contributed by atoms with van der Waals surface area (Å²) in [6.07, 6.45) is 1.97. The molecule has 0 saturated carbocycles. The van der Waals surface area contributed by atoms with Gasteiger partial charge in [-0.3, -0.25) is 14.8 Å². The molecule has 7 nitrogen and oxygen atoms in total. The van der Waals surface area contributed by atoms with Gasteiger partial charge >= 0.3 is 0 Å². The minimum Gasteiger partial charge on any atom is -0.365 e. The average molecular weight is 473 g/mol. The van der Waals surface area contributed by atoms with E-state index in [4.69, 9.17) is 23.2 Å². The fourth-order valence-corrected chi connectivity index (χ4v) is 4.61. The van der Waals surface area contributed by atoms with Gasteiger partial charge in [0.05, 0.1) is 27.5 Å². The Morgan fingerprint density at radius 3 is 2.66 bits per heavy atom. The number of aromatic amines is 1. The zero-order valence-corrected chi connectivity index (χ0v) is 19.9. The molecule has 1 atom stereocenters. The van der Waals surface area contributed by atoms with Gasteiger partial charge < -0.3 is 4.90 Å². The van der Waals surface area contributed by atoms with Crippen molar-refractivity contribution in [2.75, 3.05) is 31.1 Å². The van der Waals surface area contributed by atoms with Crippen molar-refractivity contribution < 1.29 is 4.79 Å². The molecule has 4 rings (SSSR count). The third-order valence-electron chi connectivity index (χ3n) is 5.75. The molecule has 168 valence electrons. The highest BCUT2D eigenvalue weighted by Crippen LogP contribution is 2.34. The van der Waals surface area contributed by atoms with Gasteiger partial charge in [0.2, 0.25) is 0 Å². The molecule has 1 N–H and O–H groups in total. The SMILES string of the molecule is Cc1cc(C)nc(-c2[nH]ncc2C(=O)CCN2CCN(c3cccc(Cl)c3Cl)C(C)C2)n1. The Morgan fingerprint density at radius 2 is 1.94 bits per heavy atom. The van der Waals surface area contributed by atoms with Crippen LogP contribution in [0.4, 0.5) is 5.69 Å². The summed E-state index contributed by atoms with van der Waals surface area (Å²) in [5, 5.41) is 8.12. The van der Waals surface area contributed by atoms with Crippen molar-refractivity contribution in [2.24, 2.45) is 0 Å². The highest BCUT2D eigenvalue weighted by Gasteiger charge is 2.26. The highest BCUT2D eigenvalue weighted by atomic mass is 35.5. The normalized spacial score (nSPS) is 17.0. The molecule has 3 heterocycles. The zero-order valence-electron chi connectivity index (χ0n) is 18.4. The lowest BCUT2D eigenvalue weighted by atomic mass is 10.1. The van der Waals surface area contributed by atoms with E-state index in [1.807, 2.05) is 32.0 Å². The Morgan fingerprint density at radius 1 is 1.19 bits per heavy atom. The Balaban J connectivity index is 1.39. The summed E-state index contributed by atoms with van der Waals surface area (Å²) in [5.74, 6) is 0.536. The largest absolute Gasteiger partial charge is 0.365 e. The van der Waals surface area contributed by atoms with E-state index in [2.05, 4.69) is 36.9 Å². The number of carbonyl (C=O) groups is 1. The quantitative estimate of drug-likeness (QED) is 0.529. The lowest BCUT2D eigenvalue weighted by molar-refractivity contribution is 0.0959. The van der Waals surface area contributed by atoms with Crippen molar-refractivity contribution in [3.63, 3.8) is 0 Å². The van der Waals surface area contributed by atoms with E-state index in [-0.39, 0.29) is 11.8 Å². The second-order valence-electron chi connectivity index (χ2n) is 8.22. The number of aryl methyl sites for hydroxylation is 2. The van der Waals surface area contributed by atoms with Gasteiger partial charge in [-0.05, 0) is 39.0 Å². The highest BCUT2D eigenvalue weighted by molar-refractivity contribution is 6.43. The summed E-state index contributed by atoms with van der Waals surface area (Å²) < 4.78 is 0. The van der Waals surface area contributed by atoms with Crippen molar-refractivity contribution in [2.45, 2.75) is 33.2 Å². The molecule has 3 aromatic rings. The number of aromatic nitrogens is 4. The number of hydrogen-bond donors (Lipinski definition) is 1. The number of ketones is 1. The number of halogens is 2. The second-order valence-corrected chi connectivity index (χ2v) is 9.01. The summed E-state index contributed by atoms with van der Waals surface area (Å²) in [5.41, 5.74) is 3.78. The number of H-pyrrole nitrogens is 1. The van der Waals surface area contributed by atoms with Gasteiger partial charge in [0.15, 0.2) is 11.6 Å². The number of rotatable bonds is 6. The number of nitrogens with zero attached hydrogens (tertiary/aromatic N) is 5. The van der Waals surface area contributed by atoms with E-state index >= 15 is 0 Å². The van der Waals surface area contributed by atoms with Crippen LogP contribution in [0.5, 0.6) is 0 Å². The number of nitrogens with one attached hydrogen (secondary N) is 1. The number of anilines is 1. The third kappa shape index (κ3) is 4.80. The molecule has 32 heavy (non-hydrogen) atoms. The maximum absolute atomic E-state index is 13.0. The summed E-state index contributed by atoms with van der Waals surface area (Å²) in [7, 11) is 0. The molecule has 9 heteroatoms. The van der Waals surface area contributed by atoms with Crippen LogP contribution in [0.1, 0.15) is 35.1 Å². The average Bonchev–Trinajstić information content (AvgIpc) is 3.24. The van der Waals surface area contributed by atoms with Crippen LogP contribution < -0.4 is 4.90 Å². The van der Waals surface area contributed by atoms with Gasteiger partial charge in [0, 0.05) is 50.0 Å². The van der Waals surface area contributed by atoms with Crippen molar-refractivity contribution >= 4 is 34.7 Å². The number of benzene rings is 1. The first-order valence-electron chi connectivity index (χ1n) is 10.7. The Kier molecular flexibility index (Phi) is 6.79. The Bertz CT molecular complexity index is 1110. The number of carbonyl (C=O) groups excluding carboxylic acids is 1. The molecule has 1 saturated heterocycles.